The number of thiophene rings is 2. The molecular weight excluding hydrogens is 460 g/mol. The maximum Gasteiger partial charge on any atom is 0.263 e. The summed E-state index contributed by atoms with van der Waals surface area (Å²) >= 11 is 3.89. The monoisotopic (exact) mass is 478 g/mol. The van der Waals surface area contributed by atoms with Gasteiger partial charge in [0.15, 0.2) is 5.16 Å². The molecule has 0 saturated heterocycles. The standard InChI is InChI=1S/C23H18N4O2S3/c1-3-9-27-22(29)19-17(15-6-4-14(2)5-7-15)12-31-21(19)26-23(27)32-13-18(28)25-20-16(11-24)8-10-30-20/h3-8,10,12H,1,9,13H2,2H3,(H,25,28). The van der Waals surface area contributed by atoms with Crippen LogP contribution in [0.15, 0.2) is 63.7 Å². The van der Waals surface area contributed by atoms with Gasteiger partial charge in [-0.15, -0.1) is 29.3 Å². The molecule has 4 rings (SSSR count). The van der Waals surface area contributed by atoms with Crippen molar-refractivity contribution in [1.29, 1.82) is 5.26 Å². The van der Waals surface area contributed by atoms with E-state index < -0.39 is 0 Å². The number of anilines is 1. The van der Waals surface area contributed by atoms with Gasteiger partial charge in [0.05, 0.1) is 16.7 Å². The van der Waals surface area contributed by atoms with E-state index in [2.05, 4.69) is 16.9 Å². The number of nitriles is 1. The van der Waals surface area contributed by atoms with Crippen molar-refractivity contribution in [2.45, 2.75) is 18.6 Å². The van der Waals surface area contributed by atoms with Crippen LogP contribution in [0.3, 0.4) is 0 Å². The maximum atomic E-state index is 13.4. The second-order valence-corrected chi connectivity index (χ2v) is 9.62. The molecule has 0 spiro atoms. The normalized spacial score (nSPS) is 10.8. The van der Waals surface area contributed by atoms with Crippen molar-refractivity contribution < 1.29 is 4.79 Å². The van der Waals surface area contributed by atoms with E-state index in [1.165, 1.54) is 34.4 Å². The number of allylic oxidation sites excluding steroid dienone is 1. The average molecular weight is 479 g/mol. The summed E-state index contributed by atoms with van der Waals surface area (Å²) < 4.78 is 1.55. The highest BCUT2D eigenvalue weighted by Crippen LogP contribution is 2.32. The van der Waals surface area contributed by atoms with Crippen molar-refractivity contribution >= 4 is 55.6 Å². The predicted octanol–water partition coefficient (Wildman–Crippen LogP) is 5.28. The summed E-state index contributed by atoms with van der Waals surface area (Å²) in [7, 11) is 0. The molecule has 1 amide bonds. The summed E-state index contributed by atoms with van der Waals surface area (Å²) in [6, 6.07) is 11.7. The summed E-state index contributed by atoms with van der Waals surface area (Å²) in [5, 5.41) is 17.1. The third-order valence-corrected chi connectivity index (χ3v) is 7.38. The van der Waals surface area contributed by atoms with E-state index in [1.54, 1.807) is 22.1 Å². The molecule has 160 valence electrons. The van der Waals surface area contributed by atoms with Gasteiger partial charge in [-0.05, 0) is 23.9 Å². The number of thioether (sulfide) groups is 1. The van der Waals surface area contributed by atoms with Gasteiger partial charge in [-0.3, -0.25) is 14.2 Å². The van der Waals surface area contributed by atoms with Crippen LogP contribution in [0.25, 0.3) is 21.3 Å². The summed E-state index contributed by atoms with van der Waals surface area (Å²) in [6.07, 6.45) is 1.64. The fourth-order valence-electron chi connectivity index (χ4n) is 3.14. The minimum absolute atomic E-state index is 0.0635. The molecule has 0 bridgehead atoms. The van der Waals surface area contributed by atoms with E-state index in [0.29, 0.717) is 32.5 Å². The first kappa shape index (κ1) is 22.0. The first-order valence-corrected chi connectivity index (χ1v) is 12.4. The lowest BCUT2D eigenvalue weighted by atomic mass is 10.1. The van der Waals surface area contributed by atoms with Crippen molar-refractivity contribution in [3.05, 3.63) is 75.2 Å². The minimum atomic E-state index is -0.264. The van der Waals surface area contributed by atoms with Crippen molar-refractivity contribution in [1.82, 2.24) is 9.55 Å². The Morgan fingerprint density at radius 3 is 2.81 bits per heavy atom. The number of nitrogens with zero attached hydrogens (tertiary/aromatic N) is 3. The number of hydrogen-bond acceptors (Lipinski definition) is 7. The van der Waals surface area contributed by atoms with Crippen LogP contribution in [-0.2, 0) is 11.3 Å². The average Bonchev–Trinajstić information content (AvgIpc) is 3.42. The number of carbonyl (C=O) groups is 1. The SMILES string of the molecule is C=CCn1c(SCC(=O)Nc2sccc2C#N)nc2scc(-c3ccc(C)cc3)c2c1=O. The van der Waals surface area contributed by atoms with Gasteiger partial charge in [-0.1, -0.05) is 47.7 Å². The van der Waals surface area contributed by atoms with E-state index in [9.17, 15) is 9.59 Å². The third-order valence-electron chi connectivity index (χ3n) is 4.70. The second kappa shape index (κ2) is 9.53. The van der Waals surface area contributed by atoms with Crippen LogP contribution in [0.5, 0.6) is 0 Å². The predicted molar refractivity (Wildman–Crippen MR) is 133 cm³/mol. The third kappa shape index (κ3) is 4.39. The molecule has 4 aromatic rings. The van der Waals surface area contributed by atoms with E-state index in [0.717, 1.165) is 16.7 Å². The molecule has 0 atom stereocenters. The molecule has 0 fully saturated rings. The molecule has 1 N–H and O–H groups in total. The van der Waals surface area contributed by atoms with Crippen molar-refractivity contribution in [2.24, 2.45) is 0 Å². The lowest BCUT2D eigenvalue weighted by Crippen LogP contribution is -2.23. The Bertz CT molecular complexity index is 1410. The topological polar surface area (TPSA) is 87.8 Å². The van der Waals surface area contributed by atoms with E-state index >= 15 is 0 Å². The Morgan fingerprint density at radius 2 is 2.09 bits per heavy atom. The van der Waals surface area contributed by atoms with E-state index in [4.69, 9.17) is 5.26 Å². The highest BCUT2D eigenvalue weighted by atomic mass is 32.2. The van der Waals surface area contributed by atoms with Gasteiger partial charge < -0.3 is 5.32 Å². The Kier molecular flexibility index (Phi) is 6.55. The van der Waals surface area contributed by atoms with Crippen LogP contribution in [0.4, 0.5) is 5.00 Å². The number of aromatic nitrogens is 2. The zero-order valence-corrected chi connectivity index (χ0v) is 19.6. The zero-order valence-electron chi connectivity index (χ0n) is 17.1. The Balaban J connectivity index is 1.64. The summed E-state index contributed by atoms with van der Waals surface area (Å²) in [5.74, 6) is -0.200. The summed E-state index contributed by atoms with van der Waals surface area (Å²) in [6.45, 7) is 6.07. The smallest absolute Gasteiger partial charge is 0.263 e. The van der Waals surface area contributed by atoms with Gasteiger partial charge in [-0.2, -0.15) is 5.26 Å². The summed E-state index contributed by atoms with van der Waals surface area (Å²) in [5.41, 5.74) is 3.25. The Morgan fingerprint density at radius 1 is 1.31 bits per heavy atom. The summed E-state index contributed by atoms with van der Waals surface area (Å²) in [4.78, 5) is 31.1. The molecule has 0 aliphatic heterocycles. The molecule has 6 nitrogen and oxygen atoms in total. The van der Waals surface area contributed by atoms with E-state index in [1.807, 2.05) is 42.6 Å². The largest absolute Gasteiger partial charge is 0.316 e. The maximum absolute atomic E-state index is 13.4. The number of rotatable bonds is 7. The van der Waals surface area contributed by atoms with Gasteiger partial charge in [0, 0.05) is 17.5 Å². The first-order chi connectivity index (χ1) is 15.5. The van der Waals surface area contributed by atoms with Crippen LogP contribution in [0, 0.1) is 18.3 Å². The van der Waals surface area contributed by atoms with Gasteiger partial charge in [-0.25, -0.2) is 4.98 Å². The molecular formula is C23H18N4O2S3. The molecule has 9 heteroatoms. The van der Waals surface area contributed by atoms with Crippen molar-refractivity contribution in [3.63, 3.8) is 0 Å². The molecule has 0 aliphatic rings. The van der Waals surface area contributed by atoms with Crippen LogP contribution in [0.2, 0.25) is 0 Å². The van der Waals surface area contributed by atoms with Crippen LogP contribution in [-0.4, -0.2) is 21.2 Å². The molecule has 0 aliphatic carbocycles. The van der Waals surface area contributed by atoms with Gasteiger partial charge >= 0.3 is 0 Å². The number of nitrogens with one attached hydrogen (secondary N) is 1. The second-order valence-electron chi connectivity index (χ2n) is 6.91. The van der Waals surface area contributed by atoms with Crippen molar-refractivity contribution in [3.8, 4) is 17.2 Å². The van der Waals surface area contributed by atoms with Gasteiger partial charge in [0.25, 0.3) is 5.56 Å². The quantitative estimate of drug-likeness (QED) is 0.222. The molecule has 1 aromatic carbocycles. The fourth-order valence-corrected chi connectivity index (χ4v) is 5.69. The minimum Gasteiger partial charge on any atom is -0.316 e. The number of aryl methyl sites for hydroxylation is 1. The Labute approximate surface area is 196 Å². The number of amides is 1. The lowest BCUT2D eigenvalue weighted by Gasteiger charge is -2.11. The molecule has 3 heterocycles. The highest BCUT2D eigenvalue weighted by Gasteiger charge is 2.18. The first-order valence-electron chi connectivity index (χ1n) is 9.62. The number of hydrogen-bond donors (Lipinski definition) is 1. The molecule has 0 radical (unpaired) electrons. The molecule has 0 saturated carbocycles. The zero-order chi connectivity index (χ0) is 22.7. The molecule has 32 heavy (non-hydrogen) atoms. The molecule has 0 unspecified atom stereocenters. The molecule has 3 aromatic heterocycles. The van der Waals surface area contributed by atoms with Crippen LogP contribution in [0.1, 0.15) is 11.1 Å². The van der Waals surface area contributed by atoms with Crippen molar-refractivity contribution in [2.75, 3.05) is 11.1 Å². The van der Waals surface area contributed by atoms with Crippen LogP contribution < -0.4 is 10.9 Å². The fraction of sp³-hybridized carbons (Fsp3) is 0.130. The number of carbonyl (C=O) groups excluding carboxylic acids is 1. The lowest BCUT2D eigenvalue weighted by molar-refractivity contribution is -0.113. The number of benzene rings is 1. The number of fused-ring (bicyclic) bond motifs is 1. The highest BCUT2D eigenvalue weighted by molar-refractivity contribution is 7.99. The Hall–Kier alpha value is -3.19. The van der Waals surface area contributed by atoms with E-state index in [-0.39, 0.29) is 17.2 Å². The van der Waals surface area contributed by atoms with Gasteiger partial charge in [0.2, 0.25) is 5.91 Å². The van der Waals surface area contributed by atoms with Crippen LogP contribution >= 0.6 is 34.4 Å². The van der Waals surface area contributed by atoms with Gasteiger partial charge in [0.1, 0.15) is 15.9 Å².